The second-order valence-electron chi connectivity index (χ2n) is 7.84. The number of nitrogens with one attached hydrogen (secondary N) is 1. The second-order valence-corrected chi connectivity index (χ2v) is 7.84. The summed E-state index contributed by atoms with van der Waals surface area (Å²) < 4.78 is 20.4. The van der Waals surface area contributed by atoms with Gasteiger partial charge in [-0.2, -0.15) is 5.10 Å². The molecule has 2 aromatic carbocycles. The SMILES string of the molecule is CCC[NH+]1CCN(C(=O)c2cn(-c3ccc(F)cc3)nc2-c2cccc(OC)c2)CC1. The van der Waals surface area contributed by atoms with Crippen molar-refractivity contribution in [3.8, 4) is 22.7 Å². The molecule has 1 amide bonds. The van der Waals surface area contributed by atoms with Crippen molar-refractivity contribution in [2.75, 3.05) is 39.8 Å². The molecule has 1 aliphatic rings. The summed E-state index contributed by atoms with van der Waals surface area (Å²) in [6.45, 7) is 6.70. The molecule has 1 saturated heterocycles. The number of nitrogens with zero attached hydrogens (tertiary/aromatic N) is 3. The Balaban J connectivity index is 1.69. The maximum absolute atomic E-state index is 13.5. The number of hydrogen-bond donors (Lipinski definition) is 1. The minimum Gasteiger partial charge on any atom is -0.497 e. The molecule has 162 valence electrons. The summed E-state index contributed by atoms with van der Waals surface area (Å²) in [6, 6.07) is 13.6. The quantitative estimate of drug-likeness (QED) is 0.663. The topological polar surface area (TPSA) is 51.8 Å². The molecule has 4 rings (SSSR count). The number of benzene rings is 2. The van der Waals surface area contributed by atoms with Crippen LogP contribution in [0.1, 0.15) is 23.7 Å². The Hall–Kier alpha value is -3.19. The van der Waals surface area contributed by atoms with Crippen LogP contribution in [-0.2, 0) is 0 Å². The van der Waals surface area contributed by atoms with E-state index in [1.807, 2.05) is 29.2 Å². The molecule has 31 heavy (non-hydrogen) atoms. The van der Waals surface area contributed by atoms with E-state index >= 15 is 0 Å². The molecule has 0 radical (unpaired) electrons. The predicted octanol–water partition coefficient (Wildman–Crippen LogP) is 2.44. The molecule has 3 aromatic rings. The Morgan fingerprint density at radius 1 is 1.16 bits per heavy atom. The summed E-state index contributed by atoms with van der Waals surface area (Å²) >= 11 is 0. The van der Waals surface area contributed by atoms with Crippen LogP contribution < -0.4 is 9.64 Å². The second kappa shape index (κ2) is 9.31. The fraction of sp³-hybridized carbons (Fsp3) is 0.333. The summed E-state index contributed by atoms with van der Waals surface area (Å²) in [5.74, 6) is 0.360. The Labute approximate surface area is 181 Å². The van der Waals surface area contributed by atoms with Crippen molar-refractivity contribution in [2.45, 2.75) is 13.3 Å². The highest BCUT2D eigenvalue weighted by molar-refractivity contribution is 6.00. The molecule has 0 aliphatic carbocycles. The maximum Gasteiger partial charge on any atom is 0.258 e. The molecular formula is C24H28FN4O2+. The third-order valence-electron chi connectivity index (χ3n) is 5.74. The molecular weight excluding hydrogens is 395 g/mol. The van der Waals surface area contributed by atoms with Gasteiger partial charge >= 0.3 is 0 Å². The predicted molar refractivity (Wildman–Crippen MR) is 117 cm³/mol. The first-order chi connectivity index (χ1) is 15.1. The number of carbonyl (C=O) groups excluding carboxylic acids is 1. The molecule has 0 spiro atoms. The number of quaternary nitrogens is 1. The van der Waals surface area contributed by atoms with E-state index in [4.69, 9.17) is 9.84 Å². The van der Waals surface area contributed by atoms with E-state index in [9.17, 15) is 9.18 Å². The van der Waals surface area contributed by atoms with Crippen LogP contribution in [0.15, 0.2) is 54.7 Å². The van der Waals surface area contributed by atoms with E-state index in [-0.39, 0.29) is 11.7 Å². The number of aromatic nitrogens is 2. The number of methoxy groups -OCH3 is 1. The van der Waals surface area contributed by atoms with Crippen molar-refractivity contribution in [1.82, 2.24) is 14.7 Å². The van der Waals surface area contributed by atoms with Gasteiger partial charge < -0.3 is 14.5 Å². The Morgan fingerprint density at radius 3 is 2.58 bits per heavy atom. The number of halogens is 1. The van der Waals surface area contributed by atoms with Crippen LogP contribution in [0.2, 0.25) is 0 Å². The lowest BCUT2D eigenvalue weighted by Crippen LogP contribution is -3.14. The molecule has 1 aromatic heterocycles. The van der Waals surface area contributed by atoms with Gasteiger partial charge in [0.1, 0.15) is 17.3 Å². The van der Waals surface area contributed by atoms with Crippen molar-refractivity contribution >= 4 is 5.91 Å². The van der Waals surface area contributed by atoms with Crippen LogP contribution in [0.5, 0.6) is 5.75 Å². The van der Waals surface area contributed by atoms with Gasteiger partial charge in [-0.1, -0.05) is 19.1 Å². The number of carbonyl (C=O) groups is 1. The highest BCUT2D eigenvalue weighted by Gasteiger charge is 2.28. The molecule has 6 nitrogen and oxygen atoms in total. The van der Waals surface area contributed by atoms with E-state index in [2.05, 4.69) is 6.92 Å². The van der Waals surface area contributed by atoms with Crippen molar-refractivity contribution in [1.29, 1.82) is 0 Å². The van der Waals surface area contributed by atoms with E-state index < -0.39 is 0 Å². The van der Waals surface area contributed by atoms with Crippen LogP contribution in [0.3, 0.4) is 0 Å². The van der Waals surface area contributed by atoms with Gasteiger partial charge in [0.05, 0.1) is 51.1 Å². The molecule has 0 bridgehead atoms. The largest absolute Gasteiger partial charge is 0.497 e. The molecule has 1 aliphatic heterocycles. The first-order valence-corrected chi connectivity index (χ1v) is 10.7. The van der Waals surface area contributed by atoms with E-state index in [1.54, 1.807) is 35.0 Å². The molecule has 2 heterocycles. The molecule has 0 saturated carbocycles. The van der Waals surface area contributed by atoms with Crippen LogP contribution in [-0.4, -0.2) is 60.4 Å². The van der Waals surface area contributed by atoms with Crippen molar-refractivity contribution in [3.05, 3.63) is 66.1 Å². The fourth-order valence-corrected chi connectivity index (χ4v) is 4.04. The van der Waals surface area contributed by atoms with E-state index in [0.29, 0.717) is 22.7 Å². The fourth-order valence-electron chi connectivity index (χ4n) is 4.04. The zero-order valence-electron chi connectivity index (χ0n) is 18.0. The molecule has 7 heteroatoms. The summed E-state index contributed by atoms with van der Waals surface area (Å²) in [6.07, 6.45) is 2.89. The van der Waals surface area contributed by atoms with Crippen LogP contribution in [0.25, 0.3) is 16.9 Å². The molecule has 0 atom stereocenters. The zero-order chi connectivity index (χ0) is 21.8. The average molecular weight is 424 g/mol. The summed E-state index contributed by atoms with van der Waals surface area (Å²) in [5.41, 5.74) is 2.63. The minimum absolute atomic E-state index is 0.0262. The first-order valence-electron chi connectivity index (χ1n) is 10.7. The van der Waals surface area contributed by atoms with Crippen LogP contribution >= 0.6 is 0 Å². The lowest BCUT2D eigenvalue weighted by molar-refractivity contribution is -0.904. The number of hydrogen-bond acceptors (Lipinski definition) is 3. The van der Waals surface area contributed by atoms with Gasteiger partial charge in [0.2, 0.25) is 0 Å². The van der Waals surface area contributed by atoms with E-state index in [1.165, 1.54) is 12.1 Å². The Morgan fingerprint density at radius 2 is 1.90 bits per heavy atom. The van der Waals surface area contributed by atoms with Gasteiger partial charge in [0, 0.05) is 11.8 Å². The summed E-state index contributed by atoms with van der Waals surface area (Å²) in [5, 5.41) is 4.70. The smallest absolute Gasteiger partial charge is 0.258 e. The highest BCUT2D eigenvalue weighted by atomic mass is 19.1. The zero-order valence-corrected chi connectivity index (χ0v) is 18.0. The molecule has 1 N–H and O–H groups in total. The van der Waals surface area contributed by atoms with E-state index in [0.717, 1.165) is 44.7 Å². The number of rotatable bonds is 6. The maximum atomic E-state index is 13.5. The van der Waals surface area contributed by atoms with Gasteiger partial charge in [0.15, 0.2) is 0 Å². The lowest BCUT2D eigenvalue weighted by atomic mass is 10.1. The lowest BCUT2D eigenvalue weighted by Gasteiger charge is -2.32. The third-order valence-corrected chi connectivity index (χ3v) is 5.74. The standard InChI is InChI=1S/C24H27FN4O2/c1-3-11-27-12-14-28(15-13-27)24(30)22-17-29(20-9-7-19(25)8-10-20)26-23(22)18-5-4-6-21(16-18)31-2/h4-10,16-17H,3,11-15H2,1-2H3/p+1. The Bertz CT molecular complexity index is 1040. The monoisotopic (exact) mass is 423 g/mol. The minimum atomic E-state index is -0.312. The Kier molecular flexibility index (Phi) is 6.32. The summed E-state index contributed by atoms with van der Waals surface area (Å²) in [4.78, 5) is 16.9. The van der Waals surface area contributed by atoms with Gasteiger partial charge in [0.25, 0.3) is 5.91 Å². The normalized spacial score (nSPS) is 14.6. The van der Waals surface area contributed by atoms with Crippen molar-refractivity contribution in [3.63, 3.8) is 0 Å². The van der Waals surface area contributed by atoms with Crippen LogP contribution in [0.4, 0.5) is 4.39 Å². The van der Waals surface area contributed by atoms with Gasteiger partial charge in [-0.15, -0.1) is 0 Å². The molecule has 0 unspecified atom stereocenters. The first kappa shape index (κ1) is 21.1. The van der Waals surface area contributed by atoms with Crippen LogP contribution in [0, 0.1) is 5.82 Å². The molecule has 1 fully saturated rings. The van der Waals surface area contributed by atoms with Gasteiger partial charge in [-0.05, 0) is 42.8 Å². The van der Waals surface area contributed by atoms with Gasteiger partial charge in [-0.3, -0.25) is 4.79 Å². The number of ether oxygens (including phenoxy) is 1. The highest BCUT2D eigenvalue weighted by Crippen LogP contribution is 2.28. The van der Waals surface area contributed by atoms with Crippen molar-refractivity contribution in [2.24, 2.45) is 0 Å². The average Bonchev–Trinajstić information content (AvgIpc) is 3.25. The number of amides is 1. The number of piperazine rings is 1. The van der Waals surface area contributed by atoms with Gasteiger partial charge in [-0.25, -0.2) is 9.07 Å². The third kappa shape index (κ3) is 4.61. The van der Waals surface area contributed by atoms with Crippen molar-refractivity contribution < 1.29 is 18.8 Å². The summed E-state index contributed by atoms with van der Waals surface area (Å²) in [7, 11) is 1.61.